The van der Waals surface area contributed by atoms with Crippen LogP contribution < -0.4 is 10.5 Å². The minimum atomic E-state index is -0.0953. The van der Waals surface area contributed by atoms with E-state index in [0.29, 0.717) is 0 Å². The van der Waals surface area contributed by atoms with Gasteiger partial charge in [-0.05, 0) is 39.4 Å². The van der Waals surface area contributed by atoms with Crippen molar-refractivity contribution in [2.24, 2.45) is 5.73 Å². The van der Waals surface area contributed by atoms with E-state index in [1.54, 1.807) is 18.4 Å². The zero-order valence-electron chi connectivity index (χ0n) is 10.7. The molecule has 0 aliphatic rings. The first-order valence-corrected chi connectivity index (χ1v) is 7.09. The van der Waals surface area contributed by atoms with Crippen molar-refractivity contribution in [1.82, 2.24) is 0 Å². The summed E-state index contributed by atoms with van der Waals surface area (Å²) in [6.45, 7) is 0. The number of thiophene rings is 1. The van der Waals surface area contributed by atoms with Gasteiger partial charge >= 0.3 is 0 Å². The zero-order chi connectivity index (χ0) is 13.2. The van der Waals surface area contributed by atoms with Gasteiger partial charge in [0.25, 0.3) is 0 Å². The first kappa shape index (κ1) is 12.2. The number of rotatable bonds is 3. The molecule has 0 aliphatic carbocycles. The maximum atomic E-state index is 6.38. The van der Waals surface area contributed by atoms with Crippen LogP contribution in [0.2, 0.25) is 0 Å². The number of fused-ring (bicyclic) bond motifs is 1. The van der Waals surface area contributed by atoms with Crippen molar-refractivity contribution in [3.63, 3.8) is 0 Å². The SMILES string of the molecule is COc1ccc(C(N)c2ccsc2)c2ccccc12. The van der Waals surface area contributed by atoms with Crippen LogP contribution in [-0.2, 0) is 0 Å². The summed E-state index contributed by atoms with van der Waals surface area (Å²) in [5.41, 5.74) is 8.67. The van der Waals surface area contributed by atoms with E-state index in [2.05, 4.69) is 35.0 Å². The number of benzene rings is 2. The van der Waals surface area contributed by atoms with E-state index < -0.39 is 0 Å². The number of ether oxygens (including phenoxy) is 1. The van der Waals surface area contributed by atoms with Crippen molar-refractivity contribution >= 4 is 22.1 Å². The zero-order valence-corrected chi connectivity index (χ0v) is 11.5. The molecule has 3 heteroatoms. The van der Waals surface area contributed by atoms with Crippen LogP contribution in [0.1, 0.15) is 17.2 Å². The largest absolute Gasteiger partial charge is 0.496 e. The van der Waals surface area contributed by atoms with E-state index in [4.69, 9.17) is 10.5 Å². The lowest BCUT2D eigenvalue weighted by Crippen LogP contribution is -2.11. The van der Waals surface area contributed by atoms with Crippen LogP contribution in [0, 0.1) is 0 Å². The lowest BCUT2D eigenvalue weighted by molar-refractivity contribution is 0.419. The molecule has 0 saturated heterocycles. The van der Waals surface area contributed by atoms with Gasteiger partial charge in [-0.25, -0.2) is 0 Å². The molecule has 3 aromatic rings. The number of hydrogen-bond donors (Lipinski definition) is 1. The van der Waals surface area contributed by atoms with Gasteiger partial charge in [0.1, 0.15) is 5.75 Å². The van der Waals surface area contributed by atoms with Crippen LogP contribution >= 0.6 is 11.3 Å². The Bertz CT molecular complexity index is 691. The number of hydrogen-bond acceptors (Lipinski definition) is 3. The Balaban J connectivity index is 2.20. The molecule has 0 fully saturated rings. The Morgan fingerprint density at radius 2 is 1.84 bits per heavy atom. The molecule has 1 unspecified atom stereocenters. The molecule has 2 N–H and O–H groups in total. The monoisotopic (exact) mass is 269 g/mol. The van der Waals surface area contributed by atoms with Crippen LogP contribution in [0.4, 0.5) is 0 Å². The Kier molecular flexibility index (Phi) is 3.23. The lowest BCUT2D eigenvalue weighted by Gasteiger charge is -2.15. The summed E-state index contributed by atoms with van der Waals surface area (Å²) in [6, 6.07) is 14.2. The molecule has 3 rings (SSSR count). The standard InChI is InChI=1S/C16H15NOS/c1-18-15-7-6-14(12-4-2-3-5-13(12)15)16(17)11-8-9-19-10-11/h2-10,16H,17H2,1H3. The maximum absolute atomic E-state index is 6.38. The first-order valence-electron chi connectivity index (χ1n) is 6.14. The molecule has 19 heavy (non-hydrogen) atoms. The molecule has 1 aromatic heterocycles. The Hall–Kier alpha value is -1.84. The predicted octanol–water partition coefficient (Wildman–Crippen LogP) is 3.96. The van der Waals surface area contributed by atoms with E-state index in [0.717, 1.165) is 27.6 Å². The summed E-state index contributed by atoms with van der Waals surface area (Å²) in [5.74, 6) is 0.886. The van der Waals surface area contributed by atoms with Gasteiger partial charge in [-0.3, -0.25) is 0 Å². The molecule has 1 atom stereocenters. The molecule has 0 bridgehead atoms. The van der Waals surface area contributed by atoms with Crippen LogP contribution in [0.5, 0.6) is 5.75 Å². The normalized spacial score (nSPS) is 12.5. The van der Waals surface area contributed by atoms with E-state index in [1.165, 1.54) is 0 Å². The van der Waals surface area contributed by atoms with Gasteiger partial charge in [-0.15, -0.1) is 0 Å². The average molecular weight is 269 g/mol. The Morgan fingerprint density at radius 1 is 1.05 bits per heavy atom. The average Bonchev–Trinajstić information content (AvgIpc) is 2.99. The van der Waals surface area contributed by atoms with Crippen molar-refractivity contribution in [2.75, 3.05) is 7.11 Å². The number of nitrogens with two attached hydrogens (primary N) is 1. The third-order valence-corrected chi connectivity index (χ3v) is 4.08. The minimum absolute atomic E-state index is 0.0953. The van der Waals surface area contributed by atoms with Crippen LogP contribution in [0.15, 0.2) is 53.2 Å². The number of methoxy groups -OCH3 is 1. The van der Waals surface area contributed by atoms with Crippen LogP contribution in [0.3, 0.4) is 0 Å². The second-order valence-corrected chi connectivity index (χ2v) is 5.22. The quantitative estimate of drug-likeness (QED) is 0.781. The summed E-state index contributed by atoms with van der Waals surface area (Å²) in [6.07, 6.45) is 0. The topological polar surface area (TPSA) is 35.2 Å². The second kappa shape index (κ2) is 5.03. The molecule has 1 heterocycles. The first-order chi connectivity index (χ1) is 9.31. The fourth-order valence-electron chi connectivity index (χ4n) is 2.38. The van der Waals surface area contributed by atoms with Gasteiger partial charge in [-0.2, -0.15) is 11.3 Å². The van der Waals surface area contributed by atoms with E-state index in [1.807, 2.05) is 18.2 Å². The summed E-state index contributed by atoms with van der Waals surface area (Å²) < 4.78 is 5.41. The third-order valence-electron chi connectivity index (χ3n) is 3.38. The van der Waals surface area contributed by atoms with Crippen molar-refractivity contribution < 1.29 is 4.74 Å². The lowest BCUT2D eigenvalue weighted by atomic mass is 9.95. The van der Waals surface area contributed by atoms with E-state index in [-0.39, 0.29) is 6.04 Å². The van der Waals surface area contributed by atoms with Crippen molar-refractivity contribution in [1.29, 1.82) is 0 Å². The molecule has 0 aliphatic heterocycles. The highest BCUT2D eigenvalue weighted by atomic mass is 32.1. The molecule has 96 valence electrons. The Labute approximate surface area is 116 Å². The summed E-state index contributed by atoms with van der Waals surface area (Å²) in [7, 11) is 1.69. The highest BCUT2D eigenvalue weighted by Crippen LogP contribution is 2.33. The fraction of sp³-hybridized carbons (Fsp3) is 0.125. The van der Waals surface area contributed by atoms with E-state index in [9.17, 15) is 0 Å². The smallest absolute Gasteiger partial charge is 0.126 e. The third kappa shape index (κ3) is 2.11. The van der Waals surface area contributed by atoms with Crippen LogP contribution in [-0.4, -0.2) is 7.11 Å². The molecule has 0 saturated carbocycles. The fourth-order valence-corrected chi connectivity index (χ4v) is 3.07. The molecule has 0 amide bonds. The van der Waals surface area contributed by atoms with Crippen molar-refractivity contribution in [2.45, 2.75) is 6.04 Å². The van der Waals surface area contributed by atoms with Gasteiger partial charge < -0.3 is 10.5 Å². The molecule has 0 radical (unpaired) electrons. The van der Waals surface area contributed by atoms with Crippen molar-refractivity contribution in [3.8, 4) is 5.75 Å². The molecule has 2 aromatic carbocycles. The van der Waals surface area contributed by atoms with Crippen LogP contribution in [0.25, 0.3) is 10.8 Å². The highest BCUT2D eigenvalue weighted by molar-refractivity contribution is 7.08. The molecule has 0 spiro atoms. The molecular formula is C16H15NOS. The summed E-state index contributed by atoms with van der Waals surface area (Å²) in [4.78, 5) is 0. The van der Waals surface area contributed by atoms with Gasteiger partial charge in [0.2, 0.25) is 0 Å². The highest BCUT2D eigenvalue weighted by Gasteiger charge is 2.14. The second-order valence-electron chi connectivity index (χ2n) is 4.44. The molecular weight excluding hydrogens is 254 g/mol. The minimum Gasteiger partial charge on any atom is -0.496 e. The van der Waals surface area contributed by atoms with E-state index >= 15 is 0 Å². The van der Waals surface area contributed by atoms with Gasteiger partial charge in [0, 0.05) is 5.39 Å². The van der Waals surface area contributed by atoms with Gasteiger partial charge in [-0.1, -0.05) is 30.3 Å². The van der Waals surface area contributed by atoms with Gasteiger partial charge in [0.15, 0.2) is 0 Å². The summed E-state index contributed by atoms with van der Waals surface area (Å²) >= 11 is 1.67. The van der Waals surface area contributed by atoms with Crippen molar-refractivity contribution in [3.05, 3.63) is 64.4 Å². The Morgan fingerprint density at radius 3 is 2.53 bits per heavy atom. The maximum Gasteiger partial charge on any atom is 0.126 e. The summed E-state index contributed by atoms with van der Waals surface area (Å²) in [5, 5.41) is 6.42. The van der Waals surface area contributed by atoms with Gasteiger partial charge in [0.05, 0.1) is 13.2 Å². The predicted molar refractivity (Wildman–Crippen MR) is 80.8 cm³/mol. The molecule has 2 nitrogen and oxygen atoms in total.